The van der Waals surface area contributed by atoms with E-state index in [1.165, 1.54) is 4.52 Å². The zero-order valence-electron chi connectivity index (χ0n) is 17.7. The van der Waals surface area contributed by atoms with Gasteiger partial charge in [0.25, 0.3) is 0 Å². The first-order chi connectivity index (χ1) is 14.9. The zero-order valence-corrected chi connectivity index (χ0v) is 18.6. The number of amides is 2. The molecule has 0 aliphatic carbocycles. The highest BCUT2D eigenvalue weighted by molar-refractivity contribution is 7.81. The monoisotopic (exact) mass is 443 g/mol. The van der Waals surface area contributed by atoms with Gasteiger partial charge in [0.05, 0.1) is 24.0 Å². The molecule has 0 spiro atoms. The van der Waals surface area contributed by atoms with Gasteiger partial charge in [-0.2, -0.15) is 31.5 Å². The van der Waals surface area contributed by atoms with Gasteiger partial charge in [-0.05, 0) is 25.5 Å². The van der Waals surface area contributed by atoms with E-state index in [1.807, 2.05) is 38.1 Å². The van der Waals surface area contributed by atoms with Gasteiger partial charge in [0.2, 0.25) is 0 Å². The molecule has 164 valence electrons. The Balaban J connectivity index is 1.59. The number of aromatic nitrogens is 3. The van der Waals surface area contributed by atoms with Crippen LogP contribution in [0.4, 0.5) is 4.79 Å². The zero-order chi connectivity index (χ0) is 22.2. The summed E-state index contributed by atoms with van der Waals surface area (Å²) in [6, 6.07) is 9.05. The van der Waals surface area contributed by atoms with Crippen molar-refractivity contribution in [1.29, 1.82) is 0 Å². The number of para-hydroxylation sites is 1. The summed E-state index contributed by atoms with van der Waals surface area (Å²) in [6.45, 7) is 4.23. The van der Waals surface area contributed by atoms with E-state index in [1.54, 1.807) is 6.07 Å². The van der Waals surface area contributed by atoms with E-state index in [0.717, 1.165) is 24.6 Å². The Labute approximate surface area is 185 Å². The molecule has 2 unspecified atom stereocenters. The molecule has 1 aliphatic heterocycles. The molecule has 1 aliphatic rings. The molecular weight excluding hydrogens is 416 g/mol. The van der Waals surface area contributed by atoms with Gasteiger partial charge in [-0.25, -0.2) is 9.59 Å². The number of carbonyl (C=O) groups is 2. The lowest BCUT2D eigenvalue weighted by Crippen LogP contribution is -2.59. The summed E-state index contributed by atoms with van der Waals surface area (Å²) in [5.74, 6) is -0.144. The van der Waals surface area contributed by atoms with Gasteiger partial charge in [0, 0.05) is 23.5 Å². The van der Waals surface area contributed by atoms with Crippen molar-refractivity contribution in [2.24, 2.45) is 0 Å². The number of benzene rings is 1. The van der Waals surface area contributed by atoms with Crippen molar-refractivity contribution >= 4 is 41.0 Å². The Kier molecular flexibility index (Phi) is 5.90. The molecule has 9 heteroatoms. The normalized spacial score (nSPS) is 22.1. The lowest BCUT2D eigenvalue weighted by molar-refractivity contribution is -0.793. The molecule has 1 N–H and O–H groups in total. The molecule has 31 heavy (non-hydrogen) atoms. The molecule has 3 aromatic rings. The highest BCUT2D eigenvalue weighted by Crippen LogP contribution is 2.31. The number of imide groups is 1. The van der Waals surface area contributed by atoms with Crippen LogP contribution in [-0.4, -0.2) is 48.9 Å². The van der Waals surface area contributed by atoms with Crippen LogP contribution in [-0.2, 0) is 16.1 Å². The highest BCUT2D eigenvalue weighted by Gasteiger charge is 2.53. The molecular formula is C22H27N4O4S+. The summed E-state index contributed by atoms with van der Waals surface area (Å²) >= 11 is 4.45. The van der Waals surface area contributed by atoms with Crippen LogP contribution in [0.5, 0.6) is 0 Å². The Bertz CT molecular complexity index is 1200. The number of nitrogens with zero attached hydrogens (tertiary/aromatic N) is 3. The maximum Gasteiger partial charge on any atom is 0.524 e. The lowest BCUT2D eigenvalue weighted by Gasteiger charge is -2.32. The summed E-state index contributed by atoms with van der Waals surface area (Å²) in [5, 5.41) is 5.06. The topological polar surface area (TPSA) is 93.5 Å². The van der Waals surface area contributed by atoms with E-state index in [2.05, 4.69) is 22.7 Å². The van der Waals surface area contributed by atoms with E-state index >= 15 is 0 Å². The van der Waals surface area contributed by atoms with Crippen molar-refractivity contribution in [3.63, 3.8) is 0 Å². The van der Waals surface area contributed by atoms with Crippen molar-refractivity contribution in [3.05, 3.63) is 46.5 Å². The number of thiol groups is 1. The van der Waals surface area contributed by atoms with Crippen molar-refractivity contribution < 1.29 is 18.8 Å². The molecule has 4 rings (SSSR count). The number of aromatic amines is 1. The molecule has 0 saturated carbocycles. The number of rotatable bonds is 5. The number of nitrogens with one attached hydrogen (secondary N) is 1. The minimum atomic E-state index is -0.553. The SMILES string of the molecule is CCC(S)CC(=O)[N@+]1(C(=O)OCc2cc3c4ccccc4[nH]c(=O)n3n2)CCCC1C. The molecule has 8 nitrogen and oxygen atoms in total. The Morgan fingerprint density at radius 2 is 2.16 bits per heavy atom. The molecule has 2 amide bonds. The number of quaternary nitrogens is 1. The second-order valence-corrected chi connectivity index (χ2v) is 8.94. The summed E-state index contributed by atoms with van der Waals surface area (Å²) in [7, 11) is 0. The molecule has 3 atom stereocenters. The van der Waals surface area contributed by atoms with Gasteiger partial charge < -0.3 is 9.72 Å². The Morgan fingerprint density at radius 3 is 2.87 bits per heavy atom. The van der Waals surface area contributed by atoms with Gasteiger partial charge in [-0.3, -0.25) is 0 Å². The van der Waals surface area contributed by atoms with Gasteiger partial charge >= 0.3 is 17.7 Å². The average Bonchev–Trinajstić information content (AvgIpc) is 3.37. The fraction of sp³-hybridized carbons (Fsp3) is 0.455. The number of H-pyrrole nitrogens is 1. The highest BCUT2D eigenvalue weighted by atomic mass is 32.1. The van der Waals surface area contributed by atoms with Crippen LogP contribution in [0.2, 0.25) is 0 Å². The van der Waals surface area contributed by atoms with Crippen LogP contribution in [0.25, 0.3) is 16.4 Å². The largest absolute Gasteiger partial charge is 0.524 e. The second-order valence-electron chi connectivity index (χ2n) is 8.21. The van der Waals surface area contributed by atoms with E-state index in [-0.39, 0.29) is 40.4 Å². The van der Waals surface area contributed by atoms with Crippen LogP contribution in [0, 0.1) is 0 Å². The lowest BCUT2D eigenvalue weighted by atomic mass is 10.1. The molecule has 3 heterocycles. The van der Waals surface area contributed by atoms with E-state index in [9.17, 15) is 14.4 Å². The molecule has 0 radical (unpaired) electrons. The van der Waals surface area contributed by atoms with Gasteiger partial charge in [0.15, 0.2) is 0 Å². The van der Waals surface area contributed by atoms with Gasteiger partial charge in [-0.1, -0.05) is 25.1 Å². The Morgan fingerprint density at radius 1 is 1.39 bits per heavy atom. The van der Waals surface area contributed by atoms with E-state index in [0.29, 0.717) is 23.3 Å². The first-order valence-corrected chi connectivity index (χ1v) is 11.1. The van der Waals surface area contributed by atoms with Crippen molar-refractivity contribution in [2.75, 3.05) is 6.54 Å². The number of ether oxygens (including phenoxy) is 1. The minimum Gasteiger partial charge on any atom is -0.413 e. The van der Waals surface area contributed by atoms with Crippen molar-refractivity contribution in [1.82, 2.24) is 14.6 Å². The third-order valence-corrected chi connectivity index (χ3v) is 6.83. The summed E-state index contributed by atoms with van der Waals surface area (Å²) in [6.07, 6.45) is 2.01. The smallest absolute Gasteiger partial charge is 0.413 e. The number of hydrogen-bond donors (Lipinski definition) is 2. The standard InChI is InChI=1S/C22H26N4O4S/c1-3-16(31)12-20(27)26(10-6-7-14(26)2)22(29)30-13-15-11-19-17-8-4-5-9-18(17)23-21(28)25(19)24-15/h4-5,8-9,11,14,16H,3,6-7,10,12-13H2,1-2H3,(H-,23,28,31)/p+1/t14?,16?,26-/m0/s1. The van der Waals surface area contributed by atoms with Gasteiger partial charge in [-0.15, -0.1) is 0 Å². The predicted molar refractivity (Wildman–Crippen MR) is 120 cm³/mol. The Hall–Kier alpha value is -2.65. The number of likely N-dealkylation sites (tertiary alicyclic amines) is 1. The fourth-order valence-corrected chi connectivity index (χ4v) is 4.57. The second kappa shape index (κ2) is 8.47. The molecule has 1 aromatic carbocycles. The number of fused-ring (bicyclic) bond motifs is 3. The predicted octanol–water partition coefficient (Wildman–Crippen LogP) is 3.44. The molecule has 1 fully saturated rings. The van der Waals surface area contributed by atoms with Crippen LogP contribution in [0.1, 0.15) is 45.2 Å². The molecule has 1 saturated heterocycles. The van der Waals surface area contributed by atoms with Gasteiger partial charge in [0.1, 0.15) is 18.3 Å². The summed E-state index contributed by atoms with van der Waals surface area (Å²) in [5.41, 5.74) is 1.44. The fourth-order valence-electron chi connectivity index (χ4n) is 4.41. The summed E-state index contributed by atoms with van der Waals surface area (Å²) < 4.78 is 6.58. The van der Waals surface area contributed by atoms with Crippen LogP contribution < -0.4 is 5.69 Å². The minimum absolute atomic E-state index is 0.0819. The molecule has 0 bridgehead atoms. The maximum absolute atomic E-state index is 13.2. The van der Waals surface area contributed by atoms with E-state index < -0.39 is 6.09 Å². The first kappa shape index (κ1) is 21.6. The van der Waals surface area contributed by atoms with E-state index in [4.69, 9.17) is 4.74 Å². The van der Waals surface area contributed by atoms with Crippen LogP contribution in [0.3, 0.4) is 0 Å². The van der Waals surface area contributed by atoms with Crippen LogP contribution in [0.15, 0.2) is 35.1 Å². The third kappa shape index (κ3) is 3.76. The van der Waals surface area contributed by atoms with Crippen molar-refractivity contribution in [3.8, 4) is 0 Å². The van der Waals surface area contributed by atoms with Crippen molar-refractivity contribution in [2.45, 2.75) is 57.4 Å². The number of carbonyl (C=O) groups excluding carboxylic acids is 2. The summed E-state index contributed by atoms with van der Waals surface area (Å²) in [4.78, 5) is 41.4. The first-order valence-electron chi connectivity index (χ1n) is 10.6. The molecule has 2 aromatic heterocycles. The van der Waals surface area contributed by atoms with Crippen LogP contribution >= 0.6 is 12.6 Å². The average molecular weight is 444 g/mol. The third-order valence-electron chi connectivity index (χ3n) is 6.28. The maximum atomic E-state index is 13.2. The number of hydrogen-bond acceptors (Lipinski definition) is 6. The quantitative estimate of drug-likeness (QED) is 0.465.